The van der Waals surface area contributed by atoms with E-state index >= 15 is 0 Å². The van der Waals surface area contributed by atoms with Crippen LogP contribution in [0, 0.1) is 0 Å². The second-order valence-electron chi connectivity index (χ2n) is 9.47. The van der Waals surface area contributed by atoms with Gasteiger partial charge < -0.3 is 19.7 Å². The Hall–Kier alpha value is -3.98. The maximum atomic E-state index is 5.57. The molecule has 0 amide bonds. The largest absolute Gasteiger partial charge is 0.493 e. The summed E-state index contributed by atoms with van der Waals surface area (Å²) in [6.07, 6.45) is 5.58. The quantitative estimate of drug-likeness (QED) is 0.382. The van der Waals surface area contributed by atoms with Crippen LogP contribution in [0.1, 0.15) is 18.4 Å². The van der Waals surface area contributed by atoms with E-state index in [-0.39, 0.29) is 0 Å². The van der Waals surface area contributed by atoms with Gasteiger partial charge in [-0.1, -0.05) is 30.3 Å². The number of anilines is 2. The van der Waals surface area contributed by atoms with Crippen LogP contribution >= 0.6 is 0 Å². The minimum Gasteiger partial charge on any atom is -0.493 e. The zero-order chi connectivity index (χ0) is 25.8. The van der Waals surface area contributed by atoms with Gasteiger partial charge >= 0.3 is 0 Å². The van der Waals surface area contributed by atoms with Crippen molar-refractivity contribution in [2.24, 2.45) is 0 Å². The molecule has 0 atom stereocenters. The zero-order valence-corrected chi connectivity index (χ0v) is 21.8. The molecule has 1 aliphatic heterocycles. The van der Waals surface area contributed by atoms with E-state index in [0.29, 0.717) is 29.3 Å². The highest BCUT2D eigenvalue weighted by molar-refractivity contribution is 5.93. The lowest BCUT2D eigenvalue weighted by atomic mass is 10.0. The Morgan fingerprint density at radius 2 is 1.62 bits per heavy atom. The van der Waals surface area contributed by atoms with Crippen molar-refractivity contribution in [2.45, 2.75) is 25.4 Å². The van der Waals surface area contributed by atoms with Crippen LogP contribution in [0.25, 0.3) is 22.3 Å². The first-order valence-electron chi connectivity index (χ1n) is 12.5. The van der Waals surface area contributed by atoms with Gasteiger partial charge in [-0.25, -0.2) is 19.9 Å². The number of rotatable bonds is 8. The number of likely N-dealkylation sites (tertiary alicyclic amines) is 1. The predicted octanol–water partition coefficient (Wildman–Crippen LogP) is 4.25. The Bertz CT molecular complexity index is 1340. The number of nitrogens with zero attached hydrogens (tertiary/aromatic N) is 6. The van der Waals surface area contributed by atoms with Crippen molar-refractivity contribution in [3.63, 3.8) is 0 Å². The molecule has 1 saturated heterocycles. The van der Waals surface area contributed by atoms with Crippen LogP contribution in [0.3, 0.4) is 0 Å². The maximum Gasteiger partial charge on any atom is 0.224 e. The summed E-state index contributed by atoms with van der Waals surface area (Å²) in [7, 11) is 7.09. The lowest BCUT2D eigenvalue weighted by molar-refractivity contribution is 0.211. The number of fused-ring (bicyclic) bond motifs is 1. The molecule has 9 heteroatoms. The molecule has 0 radical (unpaired) electrons. The highest BCUT2D eigenvalue weighted by Gasteiger charge is 2.22. The van der Waals surface area contributed by atoms with E-state index in [1.807, 2.05) is 31.1 Å². The van der Waals surface area contributed by atoms with E-state index in [4.69, 9.17) is 19.4 Å². The summed E-state index contributed by atoms with van der Waals surface area (Å²) in [5.74, 6) is 3.24. The average molecular weight is 500 g/mol. The average Bonchev–Trinajstić information content (AvgIpc) is 2.94. The Balaban J connectivity index is 1.42. The van der Waals surface area contributed by atoms with E-state index in [0.717, 1.165) is 54.8 Å². The zero-order valence-electron chi connectivity index (χ0n) is 21.8. The molecule has 4 aromatic rings. The fraction of sp³-hybridized carbons (Fsp3) is 0.357. The molecule has 5 rings (SSSR count). The summed E-state index contributed by atoms with van der Waals surface area (Å²) < 4.78 is 11.1. The Kier molecular flexibility index (Phi) is 7.32. The highest BCUT2D eigenvalue weighted by atomic mass is 16.5. The monoisotopic (exact) mass is 499 g/mol. The molecular weight excluding hydrogens is 466 g/mol. The summed E-state index contributed by atoms with van der Waals surface area (Å²) in [6.45, 7) is 3.03. The number of methoxy groups -OCH3 is 2. The summed E-state index contributed by atoms with van der Waals surface area (Å²) in [5.41, 5.74) is 2.87. The van der Waals surface area contributed by atoms with Gasteiger partial charge in [-0.2, -0.15) is 0 Å². The number of hydrogen-bond donors (Lipinski definition) is 1. The molecule has 1 fully saturated rings. The van der Waals surface area contributed by atoms with Gasteiger partial charge in [0.15, 0.2) is 17.3 Å². The molecule has 0 bridgehead atoms. The molecule has 3 heterocycles. The van der Waals surface area contributed by atoms with Gasteiger partial charge in [0.05, 0.1) is 25.3 Å². The van der Waals surface area contributed by atoms with Crippen LogP contribution in [0.2, 0.25) is 0 Å². The fourth-order valence-electron chi connectivity index (χ4n) is 4.63. The topological polar surface area (TPSA) is 88.5 Å². The molecule has 2 aromatic heterocycles. The van der Waals surface area contributed by atoms with Crippen molar-refractivity contribution in [3.8, 4) is 22.9 Å². The number of aromatic nitrogens is 4. The number of benzene rings is 2. The van der Waals surface area contributed by atoms with Crippen molar-refractivity contribution < 1.29 is 9.47 Å². The maximum absolute atomic E-state index is 5.57. The van der Waals surface area contributed by atoms with Gasteiger partial charge in [0.25, 0.3) is 0 Å². The summed E-state index contributed by atoms with van der Waals surface area (Å²) >= 11 is 0. The second-order valence-corrected chi connectivity index (χ2v) is 9.47. The summed E-state index contributed by atoms with van der Waals surface area (Å²) in [4.78, 5) is 23.0. The minimum atomic E-state index is 0.304. The number of piperidine rings is 1. The first-order chi connectivity index (χ1) is 18.0. The first-order valence-corrected chi connectivity index (χ1v) is 12.5. The van der Waals surface area contributed by atoms with Crippen molar-refractivity contribution in [1.29, 1.82) is 0 Å². The predicted molar refractivity (Wildman–Crippen MR) is 146 cm³/mol. The van der Waals surface area contributed by atoms with Crippen LogP contribution in [0.15, 0.2) is 54.9 Å². The van der Waals surface area contributed by atoms with Gasteiger partial charge in [0, 0.05) is 63.6 Å². The summed E-state index contributed by atoms with van der Waals surface area (Å²) in [6, 6.07) is 14.8. The molecule has 1 N–H and O–H groups in total. The standard InChI is InChI=1S/C28H33N7O2/c1-34(2)28-29-16-20(17-30-28)26-32-23-15-25(37-4)24(36-3)14-22(23)27(33-26)31-21-10-12-35(13-11-21)18-19-8-6-5-7-9-19/h5-9,14-17,21H,10-13,18H2,1-4H3,(H,31,32,33). The molecule has 192 valence electrons. The van der Waals surface area contributed by atoms with Crippen LogP contribution in [0.5, 0.6) is 11.5 Å². The van der Waals surface area contributed by atoms with E-state index in [1.165, 1.54) is 5.56 Å². The molecule has 37 heavy (non-hydrogen) atoms. The lowest BCUT2D eigenvalue weighted by Gasteiger charge is -2.33. The Morgan fingerprint density at radius 3 is 2.27 bits per heavy atom. The van der Waals surface area contributed by atoms with Crippen LogP contribution in [0.4, 0.5) is 11.8 Å². The SMILES string of the molecule is COc1cc2nc(-c3cnc(N(C)C)nc3)nc(NC3CCN(Cc4ccccc4)CC3)c2cc1OC. The summed E-state index contributed by atoms with van der Waals surface area (Å²) in [5, 5.41) is 4.60. The molecule has 0 saturated carbocycles. The molecule has 2 aromatic carbocycles. The van der Waals surface area contributed by atoms with Crippen LogP contribution in [-0.4, -0.2) is 72.3 Å². The van der Waals surface area contributed by atoms with Crippen LogP contribution < -0.4 is 19.7 Å². The third-order valence-electron chi connectivity index (χ3n) is 6.67. The number of hydrogen-bond acceptors (Lipinski definition) is 9. The normalized spacial score (nSPS) is 14.5. The van der Waals surface area contributed by atoms with E-state index < -0.39 is 0 Å². The molecule has 0 aliphatic carbocycles. The fourth-order valence-corrected chi connectivity index (χ4v) is 4.63. The van der Waals surface area contributed by atoms with Crippen molar-refractivity contribution >= 4 is 22.7 Å². The van der Waals surface area contributed by atoms with Crippen LogP contribution in [-0.2, 0) is 6.54 Å². The minimum absolute atomic E-state index is 0.304. The van der Waals surface area contributed by atoms with Crippen molar-refractivity contribution in [3.05, 3.63) is 60.4 Å². The van der Waals surface area contributed by atoms with E-state index in [9.17, 15) is 0 Å². The van der Waals surface area contributed by atoms with Gasteiger partial charge in [0.2, 0.25) is 5.95 Å². The Morgan fingerprint density at radius 1 is 0.946 bits per heavy atom. The molecule has 0 unspecified atom stereocenters. The molecule has 0 spiro atoms. The van der Waals surface area contributed by atoms with Gasteiger partial charge in [0.1, 0.15) is 5.82 Å². The highest BCUT2D eigenvalue weighted by Crippen LogP contribution is 2.35. The molecular formula is C28H33N7O2. The van der Waals surface area contributed by atoms with Gasteiger partial charge in [-0.15, -0.1) is 0 Å². The van der Waals surface area contributed by atoms with E-state index in [2.05, 4.69) is 50.5 Å². The third kappa shape index (κ3) is 5.56. The smallest absolute Gasteiger partial charge is 0.224 e. The third-order valence-corrected chi connectivity index (χ3v) is 6.67. The molecule has 1 aliphatic rings. The first kappa shape index (κ1) is 24.7. The number of ether oxygens (including phenoxy) is 2. The van der Waals surface area contributed by atoms with Crippen molar-refractivity contribution in [1.82, 2.24) is 24.8 Å². The Labute approximate surface area is 217 Å². The van der Waals surface area contributed by atoms with Gasteiger partial charge in [-0.05, 0) is 24.5 Å². The van der Waals surface area contributed by atoms with Gasteiger partial charge in [-0.3, -0.25) is 4.90 Å². The second kappa shape index (κ2) is 11.0. The number of nitrogens with one attached hydrogen (secondary N) is 1. The lowest BCUT2D eigenvalue weighted by Crippen LogP contribution is -2.38. The van der Waals surface area contributed by atoms with Crippen molar-refractivity contribution in [2.75, 3.05) is 51.6 Å². The van der Waals surface area contributed by atoms with E-state index in [1.54, 1.807) is 26.6 Å². The molecule has 9 nitrogen and oxygen atoms in total.